The van der Waals surface area contributed by atoms with Gasteiger partial charge in [-0.25, -0.2) is 8.42 Å². The molecule has 0 unspecified atom stereocenters. The molecule has 2 N–H and O–H groups in total. The first-order valence-corrected chi connectivity index (χ1v) is 8.71. The number of hydrogen-bond donors (Lipinski definition) is 2. The number of aliphatic carboxylic acids is 2. The number of hydrogen-bond acceptors (Lipinski definition) is 5. The largest absolute Gasteiger partial charge is 0.480 e. The zero-order valence-electron chi connectivity index (χ0n) is 13.7. The summed E-state index contributed by atoms with van der Waals surface area (Å²) in [7, 11) is -0.674. The molecule has 2 aromatic carbocycles. The number of nitrogens with zero attached hydrogens (tertiary/aromatic N) is 2. The summed E-state index contributed by atoms with van der Waals surface area (Å²) < 4.78 is 26.2. The summed E-state index contributed by atoms with van der Waals surface area (Å²) in [5.41, 5.74) is 0.789. The molecule has 134 valence electrons. The Morgan fingerprint density at radius 3 is 1.96 bits per heavy atom. The lowest BCUT2D eigenvalue weighted by Crippen LogP contribution is -2.39. The number of carboxylic acid groups (broad SMARTS) is 2. The van der Waals surface area contributed by atoms with Crippen molar-refractivity contribution >= 4 is 38.4 Å². The summed E-state index contributed by atoms with van der Waals surface area (Å²) in [4.78, 5) is 23.6. The smallest absolute Gasteiger partial charge is 0.318 e. The Labute approximate surface area is 144 Å². The van der Waals surface area contributed by atoms with Crippen LogP contribution in [0.4, 0.5) is 5.69 Å². The molecule has 2 aromatic rings. The topological polar surface area (TPSA) is 115 Å². The minimum Gasteiger partial charge on any atom is -0.480 e. The van der Waals surface area contributed by atoms with Gasteiger partial charge in [-0.15, -0.1) is 0 Å². The number of rotatable bonds is 7. The minimum atomic E-state index is -4.31. The van der Waals surface area contributed by atoms with Crippen LogP contribution in [0, 0.1) is 0 Å². The Bertz CT molecular complexity index is 907. The molecule has 0 aliphatic heterocycles. The molecule has 0 bridgehead atoms. The molecular formula is C16H18N2O6S. The molecule has 9 heteroatoms. The van der Waals surface area contributed by atoms with E-state index in [9.17, 15) is 18.0 Å². The van der Waals surface area contributed by atoms with Gasteiger partial charge >= 0.3 is 11.9 Å². The van der Waals surface area contributed by atoms with E-state index in [2.05, 4.69) is 0 Å². The summed E-state index contributed by atoms with van der Waals surface area (Å²) in [6.45, 7) is -1.86. The van der Waals surface area contributed by atoms with Crippen molar-refractivity contribution in [2.75, 3.05) is 32.1 Å². The second-order valence-corrected chi connectivity index (χ2v) is 7.49. The molecule has 0 atom stereocenters. The molecule has 0 spiro atoms. The molecule has 25 heavy (non-hydrogen) atoms. The van der Waals surface area contributed by atoms with E-state index >= 15 is 0 Å². The van der Waals surface area contributed by atoms with E-state index in [1.54, 1.807) is 24.3 Å². The Kier molecular flexibility index (Phi) is 5.29. The highest BCUT2D eigenvalue weighted by Gasteiger charge is 2.30. The van der Waals surface area contributed by atoms with Crippen molar-refractivity contribution in [3.63, 3.8) is 0 Å². The van der Waals surface area contributed by atoms with Gasteiger partial charge in [-0.1, -0.05) is 24.3 Å². The Morgan fingerprint density at radius 2 is 1.44 bits per heavy atom. The lowest BCUT2D eigenvalue weighted by molar-refractivity contribution is -0.139. The first kappa shape index (κ1) is 18.7. The standard InChI is InChI=1S/C16H18N2O6S/c1-17(2)13-7-3-6-12-11(13)5-4-8-14(12)25(23,24)18(9-15(19)20)10-16(21)22/h3-8H,9-10H2,1-2H3,(H,19,20)(H,21,22). The van der Waals surface area contributed by atoms with Crippen LogP contribution < -0.4 is 4.90 Å². The predicted octanol–water partition coefficient (Wildman–Crippen LogP) is 1.07. The van der Waals surface area contributed by atoms with Gasteiger partial charge in [0.2, 0.25) is 10.0 Å². The van der Waals surface area contributed by atoms with Gasteiger partial charge in [0.05, 0.1) is 4.90 Å². The van der Waals surface area contributed by atoms with Crippen molar-refractivity contribution in [3.05, 3.63) is 36.4 Å². The number of carboxylic acids is 2. The highest BCUT2D eigenvalue weighted by molar-refractivity contribution is 7.89. The maximum absolute atomic E-state index is 12.9. The first-order chi connectivity index (χ1) is 11.6. The van der Waals surface area contributed by atoms with E-state index in [0.717, 1.165) is 5.69 Å². The van der Waals surface area contributed by atoms with Crippen LogP contribution in [-0.2, 0) is 19.6 Å². The van der Waals surface area contributed by atoms with Crippen molar-refractivity contribution < 1.29 is 28.2 Å². The fourth-order valence-electron chi connectivity index (χ4n) is 2.55. The lowest BCUT2D eigenvalue weighted by Gasteiger charge is -2.21. The van der Waals surface area contributed by atoms with Gasteiger partial charge < -0.3 is 15.1 Å². The van der Waals surface area contributed by atoms with Gasteiger partial charge in [-0.05, 0) is 12.1 Å². The molecule has 0 amide bonds. The van der Waals surface area contributed by atoms with Crippen LogP contribution in [0.3, 0.4) is 0 Å². The third-order valence-corrected chi connectivity index (χ3v) is 5.43. The Morgan fingerprint density at radius 1 is 0.920 bits per heavy atom. The van der Waals surface area contributed by atoms with E-state index in [4.69, 9.17) is 10.2 Å². The summed E-state index contributed by atoms with van der Waals surface area (Å²) in [5, 5.41) is 18.9. The van der Waals surface area contributed by atoms with Crippen molar-refractivity contribution in [1.82, 2.24) is 4.31 Å². The van der Waals surface area contributed by atoms with Gasteiger partial charge in [-0.3, -0.25) is 9.59 Å². The molecule has 0 aromatic heterocycles. The fourth-order valence-corrected chi connectivity index (χ4v) is 4.09. The Hall–Kier alpha value is -2.65. The normalized spacial score (nSPS) is 11.6. The number of fused-ring (bicyclic) bond motifs is 1. The molecule has 0 radical (unpaired) electrons. The van der Waals surface area contributed by atoms with Gasteiger partial charge in [0.15, 0.2) is 0 Å². The Balaban J connectivity index is 2.67. The van der Waals surface area contributed by atoms with E-state index < -0.39 is 35.1 Å². The third kappa shape index (κ3) is 3.89. The van der Waals surface area contributed by atoms with Crippen LogP contribution in [0.1, 0.15) is 0 Å². The van der Waals surface area contributed by atoms with E-state index in [-0.39, 0.29) is 4.90 Å². The quantitative estimate of drug-likeness (QED) is 0.753. The number of sulfonamides is 1. The number of anilines is 1. The van der Waals surface area contributed by atoms with Crippen LogP contribution in [0.25, 0.3) is 10.8 Å². The molecule has 0 saturated heterocycles. The van der Waals surface area contributed by atoms with Crippen LogP contribution >= 0.6 is 0 Å². The minimum absolute atomic E-state index is 0.129. The molecule has 2 rings (SSSR count). The first-order valence-electron chi connectivity index (χ1n) is 7.27. The summed E-state index contributed by atoms with van der Waals surface area (Å²) >= 11 is 0. The maximum atomic E-state index is 12.9. The van der Waals surface area contributed by atoms with Crippen molar-refractivity contribution in [2.24, 2.45) is 0 Å². The molecule has 0 heterocycles. The molecule has 0 aliphatic rings. The monoisotopic (exact) mass is 366 g/mol. The average Bonchev–Trinajstić information content (AvgIpc) is 2.52. The van der Waals surface area contributed by atoms with Crippen LogP contribution in [0.5, 0.6) is 0 Å². The molecule has 0 aliphatic carbocycles. The SMILES string of the molecule is CN(C)c1cccc2c(S(=O)(=O)N(CC(=O)O)CC(=O)O)cccc12. The van der Waals surface area contributed by atoms with Gasteiger partial charge in [0.25, 0.3) is 0 Å². The summed E-state index contributed by atoms with van der Waals surface area (Å²) in [6, 6.07) is 9.76. The number of benzene rings is 2. The van der Waals surface area contributed by atoms with Crippen LogP contribution in [0.2, 0.25) is 0 Å². The molecule has 8 nitrogen and oxygen atoms in total. The van der Waals surface area contributed by atoms with Crippen molar-refractivity contribution in [2.45, 2.75) is 4.90 Å². The zero-order valence-corrected chi connectivity index (χ0v) is 14.5. The van der Waals surface area contributed by atoms with Gasteiger partial charge in [-0.2, -0.15) is 4.31 Å². The highest BCUT2D eigenvalue weighted by Crippen LogP contribution is 2.31. The average molecular weight is 366 g/mol. The highest BCUT2D eigenvalue weighted by atomic mass is 32.2. The summed E-state index contributed by atoms with van der Waals surface area (Å²) in [5.74, 6) is -2.86. The fraction of sp³-hybridized carbons (Fsp3) is 0.250. The second-order valence-electron chi connectivity index (χ2n) is 5.58. The van der Waals surface area contributed by atoms with Crippen molar-refractivity contribution in [1.29, 1.82) is 0 Å². The lowest BCUT2D eigenvalue weighted by atomic mass is 10.1. The third-order valence-electron chi connectivity index (χ3n) is 3.58. The summed E-state index contributed by atoms with van der Waals surface area (Å²) in [6.07, 6.45) is 0. The van der Waals surface area contributed by atoms with Gasteiger partial charge in [0, 0.05) is 30.6 Å². The molecule has 0 saturated carbocycles. The van der Waals surface area contributed by atoms with E-state index in [1.807, 2.05) is 25.1 Å². The second kappa shape index (κ2) is 7.08. The number of carbonyl (C=O) groups is 2. The van der Waals surface area contributed by atoms with E-state index in [0.29, 0.717) is 15.1 Å². The zero-order chi connectivity index (χ0) is 18.8. The maximum Gasteiger partial charge on any atom is 0.318 e. The molecular weight excluding hydrogens is 348 g/mol. The van der Waals surface area contributed by atoms with Crippen LogP contribution in [0.15, 0.2) is 41.3 Å². The predicted molar refractivity (Wildman–Crippen MR) is 92.3 cm³/mol. The van der Waals surface area contributed by atoms with E-state index in [1.165, 1.54) is 6.07 Å². The van der Waals surface area contributed by atoms with Crippen LogP contribution in [-0.4, -0.2) is 62.1 Å². The van der Waals surface area contributed by atoms with Gasteiger partial charge in [0.1, 0.15) is 13.1 Å². The van der Waals surface area contributed by atoms with Crippen molar-refractivity contribution in [3.8, 4) is 0 Å². The molecule has 0 fully saturated rings.